The van der Waals surface area contributed by atoms with Gasteiger partial charge in [0.05, 0.1) is 10.9 Å². The van der Waals surface area contributed by atoms with Crippen LogP contribution in [0.4, 0.5) is 5.82 Å². The zero-order valence-corrected chi connectivity index (χ0v) is 15.8. The van der Waals surface area contributed by atoms with E-state index in [0.717, 1.165) is 81.7 Å². The van der Waals surface area contributed by atoms with Gasteiger partial charge in [-0.2, -0.15) is 0 Å². The Bertz CT molecular complexity index is 848. The molecule has 1 aromatic heterocycles. The summed E-state index contributed by atoms with van der Waals surface area (Å²) in [5.74, 6) is 1.38. The van der Waals surface area contributed by atoms with Crippen LogP contribution >= 0.6 is 0 Å². The maximum Gasteiger partial charge on any atom is 0.230 e. The maximum absolute atomic E-state index is 13.4. The molecule has 142 valence electrons. The number of aromatic nitrogens is 1. The third-order valence-electron chi connectivity index (χ3n) is 6.66. The lowest BCUT2D eigenvalue weighted by Crippen LogP contribution is -2.50. The Balaban J connectivity index is 1.37. The molecule has 3 saturated heterocycles. The largest absolute Gasteiger partial charge is 0.381 e. The fraction of sp³-hybridized carbons (Fsp3) is 0.545. The summed E-state index contributed by atoms with van der Waals surface area (Å²) in [5.41, 5.74) is 0.806. The van der Waals surface area contributed by atoms with Gasteiger partial charge < -0.3 is 14.5 Å². The molecule has 5 nitrogen and oxygen atoms in total. The first-order valence-corrected chi connectivity index (χ1v) is 10.2. The second kappa shape index (κ2) is 6.79. The summed E-state index contributed by atoms with van der Waals surface area (Å²) < 4.78 is 5.49. The summed E-state index contributed by atoms with van der Waals surface area (Å²) in [6, 6.07) is 12.9. The molecule has 4 heterocycles. The molecule has 0 aliphatic carbocycles. The summed E-state index contributed by atoms with van der Waals surface area (Å²) >= 11 is 0. The van der Waals surface area contributed by atoms with Gasteiger partial charge in [0, 0.05) is 44.3 Å². The van der Waals surface area contributed by atoms with Crippen LogP contribution in [0.25, 0.3) is 10.9 Å². The number of amides is 1. The second-order valence-corrected chi connectivity index (χ2v) is 8.26. The van der Waals surface area contributed by atoms with Crippen LogP contribution in [0.3, 0.4) is 0 Å². The Morgan fingerprint density at radius 1 is 1.04 bits per heavy atom. The Morgan fingerprint density at radius 2 is 1.89 bits per heavy atom. The Morgan fingerprint density at radius 3 is 2.78 bits per heavy atom. The van der Waals surface area contributed by atoms with Gasteiger partial charge in [0.25, 0.3) is 0 Å². The van der Waals surface area contributed by atoms with Gasteiger partial charge in [-0.15, -0.1) is 0 Å². The Hall–Kier alpha value is -2.14. The van der Waals surface area contributed by atoms with Crippen LogP contribution < -0.4 is 4.90 Å². The van der Waals surface area contributed by atoms with Gasteiger partial charge in [-0.1, -0.05) is 18.2 Å². The molecule has 0 radical (unpaired) electrons. The number of ether oxygens (including phenoxy) is 1. The number of benzene rings is 1. The zero-order valence-electron chi connectivity index (χ0n) is 15.8. The van der Waals surface area contributed by atoms with Crippen LogP contribution in [-0.2, 0) is 9.53 Å². The molecule has 3 fully saturated rings. The van der Waals surface area contributed by atoms with E-state index in [-0.39, 0.29) is 5.41 Å². The number of hydrogen-bond acceptors (Lipinski definition) is 4. The molecule has 27 heavy (non-hydrogen) atoms. The number of piperidine rings is 1. The lowest BCUT2D eigenvalue weighted by Gasteiger charge is -2.40. The quantitative estimate of drug-likeness (QED) is 0.820. The third-order valence-corrected chi connectivity index (χ3v) is 6.66. The second-order valence-electron chi connectivity index (χ2n) is 8.26. The molecule has 0 unspecified atom stereocenters. The number of anilines is 1. The molecule has 1 aromatic carbocycles. The van der Waals surface area contributed by atoms with Crippen molar-refractivity contribution in [2.75, 3.05) is 37.7 Å². The van der Waals surface area contributed by atoms with Crippen molar-refractivity contribution in [1.82, 2.24) is 9.88 Å². The summed E-state index contributed by atoms with van der Waals surface area (Å²) in [6.07, 6.45) is 5.01. The van der Waals surface area contributed by atoms with Gasteiger partial charge in [-0.25, -0.2) is 4.98 Å². The molecule has 0 bridgehead atoms. The summed E-state index contributed by atoms with van der Waals surface area (Å²) in [7, 11) is 0. The number of pyridine rings is 1. The average Bonchev–Trinajstić information content (AvgIpc) is 3.04. The fourth-order valence-corrected chi connectivity index (χ4v) is 5.13. The van der Waals surface area contributed by atoms with Crippen molar-refractivity contribution in [1.29, 1.82) is 0 Å². The standard InChI is InChI=1S/C22H27N3O2/c26-21-22(11-13-25(21)18-8-14-27-15-9-18)10-3-12-24(16-22)20-7-6-17-4-1-2-5-19(17)23-20/h1-2,4-7,18H,3,8-16H2/t22-/m0/s1. The first-order valence-electron chi connectivity index (χ1n) is 10.2. The maximum atomic E-state index is 13.4. The number of para-hydroxylation sites is 1. The fourth-order valence-electron chi connectivity index (χ4n) is 5.13. The molecule has 0 N–H and O–H groups in total. The highest BCUT2D eigenvalue weighted by Gasteiger charge is 2.50. The first-order chi connectivity index (χ1) is 13.3. The van der Waals surface area contributed by atoms with Crippen LogP contribution in [0.15, 0.2) is 36.4 Å². The predicted molar refractivity (Wildman–Crippen MR) is 106 cm³/mol. The topological polar surface area (TPSA) is 45.7 Å². The van der Waals surface area contributed by atoms with Gasteiger partial charge >= 0.3 is 0 Å². The van der Waals surface area contributed by atoms with Crippen LogP contribution in [-0.4, -0.2) is 54.7 Å². The number of hydrogen-bond donors (Lipinski definition) is 0. The van der Waals surface area contributed by atoms with E-state index in [2.05, 4.69) is 34.1 Å². The zero-order chi connectivity index (χ0) is 18.3. The van der Waals surface area contributed by atoms with Gasteiger partial charge in [-0.05, 0) is 50.3 Å². The number of rotatable bonds is 2. The Kier molecular flexibility index (Phi) is 4.27. The molecule has 2 aromatic rings. The summed E-state index contributed by atoms with van der Waals surface area (Å²) in [4.78, 5) is 22.8. The minimum Gasteiger partial charge on any atom is -0.381 e. The molecular formula is C22H27N3O2. The molecule has 1 atom stereocenters. The highest BCUT2D eigenvalue weighted by atomic mass is 16.5. The van der Waals surface area contributed by atoms with E-state index in [0.29, 0.717) is 11.9 Å². The van der Waals surface area contributed by atoms with Crippen molar-refractivity contribution in [3.05, 3.63) is 36.4 Å². The van der Waals surface area contributed by atoms with Crippen molar-refractivity contribution in [2.24, 2.45) is 5.41 Å². The van der Waals surface area contributed by atoms with Gasteiger partial charge in [-0.3, -0.25) is 4.79 Å². The average molecular weight is 365 g/mol. The number of nitrogens with zero attached hydrogens (tertiary/aromatic N) is 3. The normalized spacial score (nSPS) is 27.0. The lowest BCUT2D eigenvalue weighted by molar-refractivity contribution is -0.139. The monoisotopic (exact) mass is 365 g/mol. The predicted octanol–water partition coefficient (Wildman–Crippen LogP) is 3.23. The van der Waals surface area contributed by atoms with Crippen LogP contribution in [0.5, 0.6) is 0 Å². The highest BCUT2D eigenvalue weighted by molar-refractivity contribution is 5.86. The van der Waals surface area contributed by atoms with E-state index in [1.165, 1.54) is 0 Å². The minimum absolute atomic E-state index is 0.218. The number of likely N-dealkylation sites (tertiary alicyclic amines) is 1. The van der Waals surface area contributed by atoms with E-state index >= 15 is 0 Å². The molecule has 1 spiro atoms. The Labute approximate surface area is 160 Å². The number of carbonyl (C=O) groups excluding carboxylic acids is 1. The van der Waals surface area contributed by atoms with Crippen molar-refractivity contribution in [2.45, 2.75) is 38.1 Å². The van der Waals surface area contributed by atoms with E-state index < -0.39 is 0 Å². The van der Waals surface area contributed by atoms with E-state index in [9.17, 15) is 4.79 Å². The minimum atomic E-state index is -0.218. The first kappa shape index (κ1) is 17.0. The van der Waals surface area contributed by atoms with Crippen LogP contribution in [0, 0.1) is 5.41 Å². The molecule has 3 aliphatic rings. The van der Waals surface area contributed by atoms with Gasteiger partial charge in [0.15, 0.2) is 0 Å². The molecule has 3 aliphatic heterocycles. The van der Waals surface area contributed by atoms with Crippen molar-refractivity contribution in [3.63, 3.8) is 0 Å². The molecule has 5 heteroatoms. The van der Waals surface area contributed by atoms with E-state index in [1.807, 2.05) is 12.1 Å². The highest BCUT2D eigenvalue weighted by Crippen LogP contribution is 2.42. The number of carbonyl (C=O) groups is 1. The number of fused-ring (bicyclic) bond motifs is 1. The SMILES string of the molecule is O=C1N(C2CCOCC2)CC[C@]12CCCN(c1ccc3ccccc3n1)C2. The summed E-state index contributed by atoms with van der Waals surface area (Å²) in [5, 5.41) is 1.16. The third kappa shape index (κ3) is 2.98. The van der Waals surface area contributed by atoms with Crippen LogP contribution in [0.1, 0.15) is 32.1 Å². The van der Waals surface area contributed by atoms with Crippen LogP contribution in [0.2, 0.25) is 0 Å². The molecule has 0 saturated carbocycles. The molecule has 1 amide bonds. The molecule has 5 rings (SSSR count). The van der Waals surface area contributed by atoms with Gasteiger partial charge in [0.1, 0.15) is 5.82 Å². The van der Waals surface area contributed by atoms with Crippen molar-refractivity contribution < 1.29 is 9.53 Å². The summed E-state index contributed by atoms with van der Waals surface area (Å²) in [6.45, 7) is 4.26. The van der Waals surface area contributed by atoms with E-state index in [1.54, 1.807) is 0 Å². The van der Waals surface area contributed by atoms with Crippen molar-refractivity contribution >= 4 is 22.6 Å². The molecular weight excluding hydrogens is 338 g/mol. The smallest absolute Gasteiger partial charge is 0.230 e. The van der Waals surface area contributed by atoms with Crippen molar-refractivity contribution in [3.8, 4) is 0 Å². The lowest BCUT2D eigenvalue weighted by atomic mass is 9.78. The van der Waals surface area contributed by atoms with E-state index in [4.69, 9.17) is 9.72 Å². The van der Waals surface area contributed by atoms with Gasteiger partial charge in [0.2, 0.25) is 5.91 Å².